The van der Waals surface area contributed by atoms with Gasteiger partial charge in [0.2, 0.25) is 0 Å². The molecule has 0 heteroatoms. The molecule has 2 rings (SSSR count). The van der Waals surface area contributed by atoms with Crippen LogP contribution in [0, 0.1) is 11.8 Å². The summed E-state index contributed by atoms with van der Waals surface area (Å²) in [5.41, 5.74) is 4.90. The van der Waals surface area contributed by atoms with E-state index in [1.165, 1.54) is 24.0 Å². The third-order valence-electron chi connectivity index (χ3n) is 3.79. The smallest absolute Gasteiger partial charge is 0.0249 e. The van der Waals surface area contributed by atoms with E-state index in [9.17, 15) is 0 Å². The van der Waals surface area contributed by atoms with Gasteiger partial charge in [-0.25, -0.2) is 0 Å². The molecule has 2 aromatic carbocycles. The van der Waals surface area contributed by atoms with Gasteiger partial charge < -0.3 is 0 Å². The molecule has 0 aliphatic heterocycles. The standard InChI is InChI=1S/C22H24/c1-3-5-6-7-8-20-13-15-22(16-14-20)18-17-21-11-9-19(4-2)10-12-21/h3,9-16H,1,4-8H2,2H3. The lowest BCUT2D eigenvalue weighted by Gasteiger charge is -2.00. The largest absolute Gasteiger partial charge is 0.103 e. The first-order valence-corrected chi connectivity index (χ1v) is 8.12. The Morgan fingerprint density at radius 1 is 0.818 bits per heavy atom. The van der Waals surface area contributed by atoms with E-state index >= 15 is 0 Å². The van der Waals surface area contributed by atoms with Crippen LogP contribution in [0.15, 0.2) is 61.2 Å². The van der Waals surface area contributed by atoms with E-state index in [-0.39, 0.29) is 0 Å². The molecule has 0 radical (unpaired) electrons. The average Bonchev–Trinajstić information content (AvgIpc) is 2.58. The molecule has 0 bridgehead atoms. The van der Waals surface area contributed by atoms with Crippen molar-refractivity contribution in [2.24, 2.45) is 0 Å². The van der Waals surface area contributed by atoms with Crippen molar-refractivity contribution < 1.29 is 0 Å². The van der Waals surface area contributed by atoms with Gasteiger partial charge >= 0.3 is 0 Å². The average molecular weight is 288 g/mol. The second kappa shape index (κ2) is 8.90. The molecule has 0 atom stereocenters. The number of hydrogen-bond acceptors (Lipinski definition) is 0. The first kappa shape index (κ1) is 16.1. The van der Waals surface area contributed by atoms with E-state index in [1.807, 2.05) is 6.08 Å². The van der Waals surface area contributed by atoms with Crippen LogP contribution in [-0.2, 0) is 12.8 Å². The second-order valence-corrected chi connectivity index (χ2v) is 5.53. The van der Waals surface area contributed by atoms with Gasteiger partial charge in [-0.3, -0.25) is 0 Å². The maximum absolute atomic E-state index is 3.76. The van der Waals surface area contributed by atoms with Crippen LogP contribution in [-0.4, -0.2) is 0 Å². The Labute approximate surface area is 134 Å². The van der Waals surface area contributed by atoms with E-state index in [2.05, 4.69) is 73.9 Å². The van der Waals surface area contributed by atoms with Crippen molar-refractivity contribution >= 4 is 0 Å². The van der Waals surface area contributed by atoms with Crippen molar-refractivity contribution in [3.63, 3.8) is 0 Å². The van der Waals surface area contributed by atoms with E-state index in [0.29, 0.717) is 0 Å². The molecule has 0 N–H and O–H groups in total. The SMILES string of the molecule is C=CCCCCc1ccc(C#Cc2ccc(CC)cc2)cc1. The molecule has 0 nitrogen and oxygen atoms in total. The fraction of sp³-hybridized carbons (Fsp3) is 0.273. The Kier molecular flexibility index (Phi) is 6.52. The molecule has 0 unspecified atom stereocenters. The van der Waals surface area contributed by atoms with Gasteiger partial charge in [-0.15, -0.1) is 6.58 Å². The van der Waals surface area contributed by atoms with Gasteiger partial charge in [0, 0.05) is 11.1 Å². The maximum Gasteiger partial charge on any atom is 0.0249 e. The first-order chi connectivity index (χ1) is 10.8. The van der Waals surface area contributed by atoms with Crippen molar-refractivity contribution in [1.82, 2.24) is 0 Å². The third-order valence-corrected chi connectivity index (χ3v) is 3.79. The molecule has 112 valence electrons. The summed E-state index contributed by atoms with van der Waals surface area (Å²) >= 11 is 0. The van der Waals surface area contributed by atoms with Gasteiger partial charge in [-0.1, -0.05) is 49.1 Å². The van der Waals surface area contributed by atoms with Crippen molar-refractivity contribution in [1.29, 1.82) is 0 Å². The molecular formula is C22H24. The van der Waals surface area contributed by atoms with Gasteiger partial charge in [0.1, 0.15) is 0 Å². The monoisotopic (exact) mass is 288 g/mol. The molecule has 0 aromatic heterocycles. The predicted molar refractivity (Wildman–Crippen MR) is 96.0 cm³/mol. The van der Waals surface area contributed by atoms with Crippen molar-refractivity contribution in [3.05, 3.63) is 83.4 Å². The third kappa shape index (κ3) is 5.26. The van der Waals surface area contributed by atoms with Crippen LogP contribution in [0.4, 0.5) is 0 Å². The normalized spacial score (nSPS) is 9.86. The van der Waals surface area contributed by atoms with Gasteiger partial charge in [-0.05, 0) is 67.5 Å². The van der Waals surface area contributed by atoms with Crippen LogP contribution in [0.2, 0.25) is 0 Å². The number of rotatable bonds is 6. The van der Waals surface area contributed by atoms with Crippen LogP contribution >= 0.6 is 0 Å². The molecule has 2 aromatic rings. The van der Waals surface area contributed by atoms with Gasteiger partial charge in [0.05, 0.1) is 0 Å². The fourth-order valence-corrected chi connectivity index (χ4v) is 2.34. The van der Waals surface area contributed by atoms with Crippen LogP contribution in [0.5, 0.6) is 0 Å². The lowest BCUT2D eigenvalue weighted by molar-refractivity contribution is 0.748. The number of allylic oxidation sites excluding steroid dienone is 1. The van der Waals surface area contributed by atoms with Gasteiger partial charge in [-0.2, -0.15) is 0 Å². The Balaban J connectivity index is 1.93. The van der Waals surface area contributed by atoms with Crippen molar-refractivity contribution in [2.75, 3.05) is 0 Å². The predicted octanol–water partition coefficient (Wildman–Crippen LogP) is 5.55. The number of aryl methyl sites for hydroxylation is 2. The molecule has 0 fully saturated rings. The number of unbranched alkanes of at least 4 members (excludes halogenated alkanes) is 2. The van der Waals surface area contributed by atoms with Gasteiger partial charge in [0.25, 0.3) is 0 Å². The highest BCUT2D eigenvalue weighted by Crippen LogP contribution is 2.09. The first-order valence-electron chi connectivity index (χ1n) is 8.12. The van der Waals surface area contributed by atoms with Crippen molar-refractivity contribution in [3.8, 4) is 11.8 Å². The minimum absolute atomic E-state index is 1.07. The topological polar surface area (TPSA) is 0 Å². The molecule has 22 heavy (non-hydrogen) atoms. The molecule has 0 aliphatic carbocycles. The van der Waals surface area contributed by atoms with Crippen LogP contribution in [0.1, 0.15) is 48.4 Å². The minimum Gasteiger partial charge on any atom is -0.103 e. The lowest BCUT2D eigenvalue weighted by atomic mass is 10.0. The van der Waals surface area contributed by atoms with E-state index in [0.717, 1.165) is 30.4 Å². The molecule has 0 saturated carbocycles. The van der Waals surface area contributed by atoms with E-state index in [1.54, 1.807) is 0 Å². The summed E-state index contributed by atoms with van der Waals surface area (Å²) in [5, 5.41) is 0. The maximum atomic E-state index is 3.76. The fourth-order valence-electron chi connectivity index (χ4n) is 2.34. The van der Waals surface area contributed by atoms with Gasteiger partial charge in [0.15, 0.2) is 0 Å². The Morgan fingerprint density at radius 2 is 1.36 bits per heavy atom. The zero-order valence-corrected chi connectivity index (χ0v) is 13.4. The highest BCUT2D eigenvalue weighted by atomic mass is 14.0. The quantitative estimate of drug-likeness (QED) is 0.371. The summed E-state index contributed by atoms with van der Waals surface area (Å²) in [6.45, 7) is 5.92. The van der Waals surface area contributed by atoms with Crippen molar-refractivity contribution in [2.45, 2.75) is 39.0 Å². The summed E-state index contributed by atoms with van der Waals surface area (Å²) in [5.74, 6) is 6.47. The van der Waals surface area contributed by atoms with Crippen LogP contribution in [0.25, 0.3) is 0 Å². The molecular weight excluding hydrogens is 264 g/mol. The highest BCUT2D eigenvalue weighted by Gasteiger charge is 1.94. The summed E-state index contributed by atoms with van der Waals surface area (Å²) in [7, 11) is 0. The zero-order valence-electron chi connectivity index (χ0n) is 13.4. The summed E-state index contributed by atoms with van der Waals surface area (Å²) in [6, 6.07) is 17.1. The number of hydrogen-bond donors (Lipinski definition) is 0. The van der Waals surface area contributed by atoms with Crippen LogP contribution < -0.4 is 0 Å². The number of benzene rings is 2. The second-order valence-electron chi connectivity index (χ2n) is 5.53. The molecule has 0 saturated heterocycles. The molecule has 0 aliphatic rings. The lowest BCUT2D eigenvalue weighted by Crippen LogP contribution is -1.86. The van der Waals surface area contributed by atoms with Crippen LogP contribution in [0.3, 0.4) is 0 Å². The Morgan fingerprint density at radius 3 is 1.86 bits per heavy atom. The van der Waals surface area contributed by atoms with E-state index in [4.69, 9.17) is 0 Å². The van der Waals surface area contributed by atoms with E-state index < -0.39 is 0 Å². The molecule has 0 amide bonds. The molecule has 0 spiro atoms. The Hall–Kier alpha value is -2.26. The zero-order chi connectivity index (χ0) is 15.6. The highest BCUT2D eigenvalue weighted by molar-refractivity contribution is 5.44. The molecule has 0 heterocycles. The summed E-state index contributed by atoms with van der Waals surface area (Å²) in [6.07, 6.45) is 7.76. The Bertz CT molecular complexity index is 633. The summed E-state index contributed by atoms with van der Waals surface area (Å²) in [4.78, 5) is 0. The summed E-state index contributed by atoms with van der Waals surface area (Å²) < 4.78 is 0. The minimum atomic E-state index is 1.07.